The molecule has 2 aliphatic heterocycles. The highest BCUT2D eigenvalue weighted by Gasteiger charge is 2.39. The van der Waals surface area contributed by atoms with Crippen LogP contribution in [0.25, 0.3) is 0 Å². The van der Waals surface area contributed by atoms with Crippen LogP contribution in [0.1, 0.15) is 56.9 Å². The summed E-state index contributed by atoms with van der Waals surface area (Å²) >= 11 is 0. The van der Waals surface area contributed by atoms with Crippen molar-refractivity contribution in [3.8, 4) is 0 Å². The molecule has 1 N–H and O–H groups in total. The van der Waals surface area contributed by atoms with E-state index in [9.17, 15) is 4.79 Å². The number of carbonyl (C=O) groups excluding carboxylic acids is 1. The van der Waals surface area contributed by atoms with Crippen molar-refractivity contribution < 1.29 is 9.53 Å². The van der Waals surface area contributed by atoms with Gasteiger partial charge in [-0.1, -0.05) is 25.0 Å². The van der Waals surface area contributed by atoms with Crippen LogP contribution in [-0.2, 0) is 16.1 Å². The molecular weight excluding hydrogens is 300 g/mol. The zero-order chi connectivity index (χ0) is 16.4. The van der Waals surface area contributed by atoms with E-state index in [0.717, 1.165) is 44.6 Å². The molecule has 3 fully saturated rings. The highest BCUT2D eigenvalue weighted by Crippen LogP contribution is 2.40. The van der Waals surface area contributed by atoms with Crippen molar-refractivity contribution in [2.45, 2.75) is 69.6 Å². The summed E-state index contributed by atoms with van der Waals surface area (Å²) in [6.07, 6.45) is 9.02. The first-order valence-corrected chi connectivity index (χ1v) is 9.51. The maximum absolute atomic E-state index is 11.9. The van der Waals surface area contributed by atoms with E-state index in [2.05, 4.69) is 29.6 Å². The summed E-state index contributed by atoms with van der Waals surface area (Å²) < 4.78 is 6.12. The van der Waals surface area contributed by atoms with Crippen LogP contribution in [0.15, 0.2) is 24.3 Å². The van der Waals surface area contributed by atoms with Crippen molar-refractivity contribution in [2.24, 2.45) is 0 Å². The lowest BCUT2D eigenvalue weighted by Gasteiger charge is -2.38. The van der Waals surface area contributed by atoms with Gasteiger partial charge in [0.05, 0.1) is 5.60 Å². The molecular formula is C20H28N2O2. The second-order valence-corrected chi connectivity index (χ2v) is 7.63. The Labute approximate surface area is 144 Å². The monoisotopic (exact) mass is 328 g/mol. The predicted octanol–water partition coefficient (Wildman–Crippen LogP) is 3.39. The predicted molar refractivity (Wildman–Crippen MR) is 95.0 cm³/mol. The Morgan fingerprint density at radius 1 is 1.25 bits per heavy atom. The molecule has 0 aromatic heterocycles. The lowest BCUT2D eigenvalue weighted by molar-refractivity contribution is -0.117. The molecule has 1 aliphatic carbocycles. The highest BCUT2D eigenvalue weighted by molar-refractivity contribution is 5.95. The van der Waals surface area contributed by atoms with Crippen molar-refractivity contribution in [3.63, 3.8) is 0 Å². The third kappa shape index (κ3) is 3.35. The quantitative estimate of drug-likeness (QED) is 0.921. The SMILES string of the molecule is O=C1CCCN1c1cccc(CNC2CCOC3(CCCC3)C2)c1. The fraction of sp³-hybridized carbons (Fsp3) is 0.650. The summed E-state index contributed by atoms with van der Waals surface area (Å²) in [5.74, 6) is 0.257. The van der Waals surface area contributed by atoms with E-state index in [1.807, 2.05) is 4.90 Å². The molecule has 1 atom stereocenters. The van der Waals surface area contributed by atoms with Gasteiger partial charge in [-0.2, -0.15) is 0 Å². The van der Waals surface area contributed by atoms with Crippen LogP contribution in [0.2, 0.25) is 0 Å². The maximum Gasteiger partial charge on any atom is 0.227 e. The third-order valence-corrected chi connectivity index (χ3v) is 5.90. The van der Waals surface area contributed by atoms with Gasteiger partial charge in [0.2, 0.25) is 5.91 Å². The summed E-state index contributed by atoms with van der Waals surface area (Å²) in [6, 6.07) is 8.99. The number of nitrogens with zero attached hydrogens (tertiary/aromatic N) is 1. The number of hydrogen-bond donors (Lipinski definition) is 1. The molecule has 1 spiro atoms. The van der Waals surface area contributed by atoms with E-state index >= 15 is 0 Å². The molecule has 130 valence electrons. The van der Waals surface area contributed by atoms with Gasteiger partial charge in [-0.05, 0) is 49.8 Å². The molecule has 2 heterocycles. The van der Waals surface area contributed by atoms with Gasteiger partial charge in [0, 0.05) is 37.8 Å². The number of anilines is 1. The Morgan fingerprint density at radius 3 is 2.92 bits per heavy atom. The van der Waals surface area contributed by atoms with E-state index in [-0.39, 0.29) is 11.5 Å². The lowest BCUT2D eigenvalue weighted by atomic mass is 9.89. The Hall–Kier alpha value is -1.39. The van der Waals surface area contributed by atoms with Crippen LogP contribution < -0.4 is 10.2 Å². The molecule has 1 aromatic carbocycles. The average Bonchev–Trinajstić information content (AvgIpc) is 3.23. The zero-order valence-electron chi connectivity index (χ0n) is 14.4. The molecule has 1 amide bonds. The molecule has 2 saturated heterocycles. The summed E-state index contributed by atoms with van der Waals surface area (Å²) in [5.41, 5.74) is 2.48. The lowest BCUT2D eigenvalue weighted by Crippen LogP contribution is -2.45. The molecule has 3 aliphatic rings. The molecule has 1 saturated carbocycles. The van der Waals surface area contributed by atoms with Gasteiger partial charge in [0.25, 0.3) is 0 Å². The minimum Gasteiger partial charge on any atom is -0.375 e. The standard InChI is InChI=1S/C20H28N2O2/c23-19-7-4-11-22(19)18-6-3-5-16(13-18)15-21-17-8-12-24-20(14-17)9-1-2-10-20/h3,5-6,13,17,21H,1-2,4,7-12,14-15H2. The van der Waals surface area contributed by atoms with Crippen LogP contribution in [-0.4, -0.2) is 30.7 Å². The summed E-state index contributed by atoms with van der Waals surface area (Å²) in [7, 11) is 0. The number of nitrogens with one attached hydrogen (secondary N) is 1. The number of amides is 1. The largest absolute Gasteiger partial charge is 0.375 e. The topological polar surface area (TPSA) is 41.6 Å². The van der Waals surface area contributed by atoms with Gasteiger partial charge >= 0.3 is 0 Å². The number of rotatable bonds is 4. The second-order valence-electron chi connectivity index (χ2n) is 7.63. The van der Waals surface area contributed by atoms with Crippen LogP contribution in [0.3, 0.4) is 0 Å². The molecule has 1 aromatic rings. The molecule has 4 nitrogen and oxygen atoms in total. The van der Waals surface area contributed by atoms with Gasteiger partial charge < -0.3 is 15.0 Å². The van der Waals surface area contributed by atoms with Gasteiger partial charge in [-0.15, -0.1) is 0 Å². The van der Waals surface area contributed by atoms with Crippen LogP contribution in [0.5, 0.6) is 0 Å². The first-order valence-electron chi connectivity index (χ1n) is 9.51. The van der Waals surface area contributed by atoms with Crippen molar-refractivity contribution in [3.05, 3.63) is 29.8 Å². The van der Waals surface area contributed by atoms with Gasteiger partial charge in [0.15, 0.2) is 0 Å². The summed E-state index contributed by atoms with van der Waals surface area (Å²) in [4.78, 5) is 13.9. The minimum atomic E-state index is 0.166. The minimum absolute atomic E-state index is 0.166. The number of ether oxygens (including phenoxy) is 1. The fourth-order valence-corrected chi connectivity index (χ4v) is 4.59. The van der Waals surface area contributed by atoms with E-state index in [0.29, 0.717) is 12.5 Å². The number of benzene rings is 1. The van der Waals surface area contributed by atoms with Crippen LogP contribution in [0.4, 0.5) is 5.69 Å². The normalized spacial score (nSPS) is 26.4. The maximum atomic E-state index is 11.9. The van der Waals surface area contributed by atoms with E-state index in [1.165, 1.54) is 31.2 Å². The Balaban J connectivity index is 1.36. The van der Waals surface area contributed by atoms with Crippen LogP contribution in [0, 0.1) is 0 Å². The second kappa shape index (κ2) is 6.85. The Kier molecular flexibility index (Phi) is 4.59. The summed E-state index contributed by atoms with van der Waals surface area (Å²) in [5, 5.41) is 3.73. The van der Waals surface area contributed by atoms with Crippen molar-refractivity contribution in [1.82, 2.24) is 5.32 Å². The van der Waals surface area contributed by atoms with Gasteiger partial charge in [-0.3, -0.25) is 4.79 Å². The molecule has 0 bridgehead atoms. The smallest absolute Gasteiger partial charge is 0.227 e. The molecule has 1 unspecified atom stereocenters. The first kappa shape index (κ1) is 16.1. The Bertz CT molecular complexity index is 595. The van der Waals surface area contributed by atoms with Crippen LogP contribution >= 0.6 is 0 Å². The first-order chi connectivity index (χ1) is 11.7. The highest BCUT2D eigenvalue weighted by atomic mass is 16.5. The molecule has 4 heteroatoms. The average molecular weight is 328 g/mol. The Morgan fingerprint density at radius 2 is 2.12 bits per heavy atom. The number of hydrogen-bond acceptors (Lipinski definition) is 3. The van der Waals surface area contributed by atoms with Gasteiger partial charge in [0.1, 0.15) is 0 Å². The molecule has 0 radical (unpaired) electrons. The van der Waals surface area contributed by atoms with E-state index in [1.54, 1.807) is 0 Å². The van der Waals surface area contributed by atoms with Crippen molar-refractivity contribution in [2.75, 3.05) is 18.1 Å². The molecule has 24 heavy (non-hydrogen) atoms. The van der Waals surface area contributed by atoms with E-state index in [4.69, 9.17) is 4.74 Å². The van der Waals surface area contributed by atoms with Crippen molar-refractivity contribution in [1.29, 1.82) is 0 Å². The van der Waals surface area contributed by atoms with Gasteiger partial charge in [-0.25, -0.2) is 0 Å². The fourth-order valence-electron chi connectivity index (χ4n) is 4.59. The zero-order valence-corrected chi connectivity index (χ0v) is 14.4. The van der Waals surface area contributed by atoms with Crippen molar-refractivity contribution >= 4 is 11.6 Å². The van der Waals surface area contributed by atoms with E-state index < -0.39 is 0 Å². The number of carbonyl (C=O) groups is 1. The summed E-state index contributed by atoms with van der Waals surface area (Å²) in [6.45, 7) is 2.62. The molecule has 4 rings (SSSR count). The third-order valence-electron chi connectivity index (χ3n) is 5.90.